The highest BCUT2D eigenvalue weighted by Crippen LogP contribution is 2.28. The summed E-state index contributed by atoms with van der Waals surface area (Å²) in [7, 11) is 1.85. The summed E-state index contributed by atoms with van der Waals surface area (Å²) in [6, 6.07) is 13.4. The molecule has 23 heavy (non-hydrogen) atoms. The highest BCUT2D eigenvalue weighted by molar-refractivity contribution is 7.99. The molecule has 1 N–H and O–H groups in total. The van der Waals surface area contributed by atoms with Crippen LogP contribution < -0.4 is 5.32 Å². The Morgan fingerprint density at radius 1 is 1.22 bits per heavy atom. The highest BCUT2D eigenvalue weighted by Gasteiger charge is 2.13. The van der Waals surface area contributed by atoms with Gasteiger partial charge in [-0.15, -0.1) is 0 Å². The van der Waals surface area contributed by atoms with E-state index < -0.39 is 0 Å². The Bertz CT molecular complexity index is 801. The molecule has 0 spiro atoms. The minimum atomic E-state index is -0.139. The molecule has 0 aliphatic carbocycles. The average Bonchev–Trinajstić information content (AvgIpc) is 3.00. The van der Waals surface area contributed by atoms with Gasteiger partial charge in [-0.1, -0.05) is 30.0 Å². The van der Waals surface area contributed by atoms with Gasteiger partial charge in [0, 0.05) is 36.4 Å². The lowest BCUT2D eigenvalue weighted by atomic mass is 10.2. The number of nitrogens with zero attached hydrogens (tertiary/aromatic N) is 3. The predicted octanol–water partition coefficient (Wildman–Crippen LogP) is 2.90. The van der Waals surface area contributed by atoms with Gasteiger partial charge in [-0.2, -0.15) is 5.10 Å². The first-order chi connectivity index (χ1) is 11.2. The van der Waals surface area contributed by atoms with E-state index in [1.54, 1.807) is 29.2 Å². The third-order valence-electron chi connectivity index (χ3n) is 3.18. The summed E-state index contributed by atoms with van der Waals surface area (Å²) in [6.07, 6.45) is 5.31. The Morgan fingerprint density at radius 3 is 2.78 bits per heavy atom. The fourth-order valence-corrected chi connectivity index (χ4v) is 2.99. The molecule has 3 aromatic rings. The summed E-state index contributed by atoms with van der Waals surface area (Å²) >= 11 is 1.48. The van der Waals surface area contributed by atoms with E-state index >= 15 is 0 Å². The molecule has 5 nitrogen and oxygen atoms in total. The first-order valence-corrected chi connectivity index (χ1v) is 7.97. The standard InChI is InChI=1S/C17H16N4OS/c1-21-12-13(11-20-21)10-19-16(22)15-8-5-9-18-17(15)23-14-6-3-2-4-7-14/h2-9,11-12H,10H2,1H3,(H,19,22). The fourth-order valence-electron chi connectivity index (χ4n) is 2.09. The van der Waals surface area contributed by atoms with E-state index in [4.69, 9.17) is 0 Å². The van der Waals surface area contributed by atoms with Gasteiger partial charge in [0.1, 0.15) is 5.03 Å². The van der Waals surface area contributed by atoms with Crippen LogP contribution in [0.3, 0.4) is 0 Å². The van der Waals surface area contributed by atoms with Crippen molar-refractivity contribution in [3.63, 3.8) is 0 Å². The molecular weight excluding hydrogens is 308 g/mol. The topological polar surface area (TPSA) is 59.8 Å². The lowest BCUT2D eigenvalue weighted by Crippen LogP contribution is -2.23. The van der Waals surface area contributed by atoms with Crippen molar-refractivity contribution in [2.45, 2.75) is 16.5 Å². The molecule has 0 fully saturated rings. The monoisotopic (exact) mass is 324 g/mol. The predicted molar refractivity (Wildman–Crippen MR) is 89.2 cm³/mol. The summed E-state index contributed by atoms with van der Waals surface area (Å²) < 4.78 is 1.71. The summed E-state index contributed by atoms with van der Waals surface area (Å²) in [5.74, 6) is -0.139. The molecule has 0 saturated heterocycles. The van der Waals surface area contributed by atoms with Crippen molar-refractivity contribution in [3.05, 3.63) is 72.2 Å². The normalized spacial score (nSPS) is 10.5. The van der Waals surface area contributed by atoms with Gasteiger partial charge in [-0.3, -0.25) is 9.48 Å². The summed E-state index contributed by atoms with van der Waals surface area (Å²) in [5.41, 5.74) is 1.53. The number of pyridine rings is 1. The maximum absolute atomic E-state index is 12.4. The van der Waals surface area contributed by atoms with Crippen LogP contribution in [0.1, 0.15) is 15.9 Å². The highest BCUT2D eigenvalue weighted by atomic mass is 32.2. The second-order valence-electron chi connectivity index (χ2n) is 4.98. The van der Waals surface area contributed by atoms with E-state index in [0.29, 0.717) is 17.1 Å². The Morgan fingerprint density at radius 2 is 2.04 bits per heavy atom. The van der Waals surface area contributed by atoms with Gasteiger partial charge in [0.25, 0.3) is 5.91 Å². The number of hydrogen-bond donors (Lipinski definition) is 1. The van der Waals surface area contributed by atoms with Gasteiger partial charge in [-0.25, -0.2) is 4.98 Å². The molecule has 0 saturated carbocycles. The first kappa shape index (κ1) is 15.3. The number of benzene rings is 1. The largest absolute Gasteiger partial charge is 0.348 e. The molecular formula is C17H16N4OS. The summed E-state index contributed by atoms with van der Waals surface area (Å²) in [4.78, 5) is 17.8. The molecule has 2 heterocycles. The minimum Gasteiger partial charge on any atom is -0.348 e. The van der Waals surface area contributed by atoms with E-state index in [-0.39, 0.29) is 5.91 Å². The van der Waals surface area contributed by atoms with Crippen LogP contribution in [-0.2, 0) is 13.6 Å². The number of rotatable bonds is 5. The quantitative estimate of drug-likeness (QED) is 0.784. The molecule has 0 aliphatic rings. The van der Waals surface area contributed by atoms with Gasteiger partial charge in [0.2, 0.25) is 0 Å². The Balaban J connectivity index is 1.72. The molecule has 0 unspecified atom stereocenters. The van der Waals surface area contributed by atoms with Crippen LogP contribution in [0.5, 0.6) is 0 Å². The third-order valence-corrected chi connectivity index (χ3v) is 4.21. The van der Waals surface area contributed by atoms with Gasteiger partial charge in [-0.05, 0) is 24.3 Å². The zero-order chi connectivity index (χ0) is 16.1. The number of amides is 1. The van der Waals surface area contributed by atoms with E-state index in [9.17, 15) is 4.79 Å². The molecule has 0 radical (unpaired) electrons. The van der Waals surface area contributed by atoms with Crippen molar-refractivity contribution in [2.75, 3.05) is 0 Å². The summed E-state index contributed by atoms with van der Waals surface area (Å²) in [5, 5.41) is 7.70. The molecule has 6 heteroatoms. The van der Waals surface area contributed by atoms with Crippen LogP contribution in [0.2, 0.25) is 0 Å². The van der Waals surface area contributed by atoms with Crippen LogP contribution in [0.4, 0.5) is 0 Å². The number of carbonyl (C=O) groups excluding carboxylic acids is 1. The number of carbonyl (C=O) groups is 1. The van der Waals surface area contributed by atoms with Gasteiger partial charge in [0.15, 0.2) is 0 Å². The number of aryl methyl sites for hydroxylation is 1. The summed E-state index contributed by atoms with van der Waals surface area (Å²) in [6.45, 7) is 0.441. The van der Waals surface area contributed by atoms with Crippen LogP contribution in [0, 0.1) is 0 Å². The van der Waals surface area contributed by atoms with E-state index in [1.807, 2.05) is 43.6 Å². The van der Waals surface area contributed by atoms with Gasteiger partial charge >= 0.3 is 0 Å². The molecule has 1 aromatic carbocycles. The van der Waals surface area contributed by atoms with Crippen molar-refractivity contribution in [2.24, 2.45) is 7.05 Å². The number of nitrogens with one attached hydrogen (secondary N) is 1. The van der Waals surface area contributed by atoms with Gasteiger partial charge < -0.3 is 5.32 Å². The second-order valence-corrected chi connectivity index (χ2v) is 6.04. The molecule has 0 bridgehead atoms. The van der Waals surface area contributed by atoms with Crippen molar-refractivity contribution in [3.8, 4) is 0 Å². The minimum absolute atomic E-state index is 0.139. The Hall–Kier alpha value is -2.60. The van der Waals surface area contributed by atoms with Gasteiger partial charge in [0.05, 0.1) is 11.8 Å². The van der Waals surface area contributed by atoms with Crippen molar-refractivity contribution in [1.29, 1.82) is 0 Å². The number of aromatic nitrogens is 3. The SMILES string of the molecule is Cn1cc(CNC(=O)c2cccnc2Sc2ccccc2)cn1. The Labute approximate surface area is 138 Å². The zero-order valence-electron chi connectivity index (χ0n) is 12.6. The van der Waals surface area contributed by atoms with E-state index in [0.717, 1.165) is 10.5 Å². The van der Waals surface area contributed by atoms with Crippen LogP contribution in [0.15, 0.2) is 71.0 Å². The van der Waals surface area contributed by atoms with E-state index in [2.05, 4.69) is 15.4 Å². The van der Waals surface area contributed by atoms with Crippen LogP contribution >= 0.6 is 11.8 Å². The molecule has 1 amide bonds. The number of hydrogen-bond acceptors (Lipinski definition) is 4. The molecule has 3 rings (SSSR count). The van der Waals surface area contributed by atoms with Crippen molar-refractivity contribution >= 4 is 17.7 Å². The molecule has 0 atom stereocenters. The average molecular weight is 324 g/mol. The maximum Gasteiger partial charge on any atom is 0.254 e. The third kappa shape index (κ3) is 3.98. The van der Waals surface area contributed by atoms with E-state index in [1.165, 1.54) is 11.8 Å². The van der Waals surface area contributed by atoms with Crippen LogP contribution in [-0.4, -0.2) is 20.7 Å². The second kappa shape index (κ2) is 7.11. The lowest BCUT2D eigenvalue weighted by Gasteiger charge is -2.08. The maximum atomic E-state index is 12.4. The fraction of sp³-hybridized carbons (Fsp3) is 0.118. The zero-order valence-corrected chi connectivity index (χ0v) is 13.5. The smallest absolute Gasteiger partial charge is 0.254 e. The first-order valence-electron chi connectivity index (χ1n) is 7.16. The molecule has 116 valence electrons. The lowest BCUT2D eigenvalue weighted by molar-refractivity contribution is 0.0947. The van der Waals surface area contributed by atoms with Crippen LogP contribution in [0.25, 0.3) is 0 Å². The molecule has 0 aliphatic heterocycles. The Kier molecular flexibility index (Phi) is 4.73. The van der Waals surface area contributed by atoms with Crippen molar-refractivity contribution in [1.82, 2.24) is 20.1 Å². The molecule has 2 aromatic heterocycles. The van der Waals surface area contributed by atoms with Crippen molar-refractivity contribution < 1.29 is 4.79 Å².